The molecule has 0 bridgehead atoms. The molecular formula is C22H20N4O4S2. The average Bonchev–Trinajstić information content (AvgIpc) is 3.27. The summed E-state index contributed by atoms with van der Waals surface area (Å²) in [5, 5.41) is 3.58. The van der Waals surface area contributed by atoms with Gasteiger partial charge in [0.15, 0.2) is 0 Å². The van der Waals surface area contributed by atoms with Crippen molar-refractivity contribution in [2.75, 3.05) is 32.4 Å². The van der Waals surface area contributed by atoms with Crippen LogP contribution in [-0.2, 0) is 4.79 Å². The first-order chi connectivity index (χ1) is 15.6. The predicted octanol–water partition coefficient (Wildman–Crippen LogP) is 4.51. The minimum absolute atomic E-state index is 0.169. The molecule has 0 unspecified atom stereocenters. The fraction of sp³-hybridized carbons (Fsp3) is 0.182. The molecule has 4 aromatic rings. The summed E-state index contributed by atoms with van der Waals surface area (Å²) in [6.07, 6.45) is 1.50. The molecule has 32 heavy (non-hydrogen) atoms. The lowest BCUT2D eigenvalue weighted by atomic mass is 10.1. The van der Waals surface area contributed by atoms with Gasteiger partial charge < -0.3 is 19.5 Å². The number of ether oxygens (including phenoxy) is 3. The molecule has 4 rings (SSSR count). The minimum Gasteiger partial charge on any atom is -0.497 e. The van der Waals surface area contributed by atoms with Gasteiger partial charge in [-0.05, 0) is 35.8 Å². The van der Waals surface area contributed by atoms with E-state index < -0.39 is 0 Å². The van der Waals surface area contributed by atoms with E-state index in [4.69, 9.17) is 14.2 Å². The maximum atomic E-state index is 12.5. The highest BCUT2D eigenvalue weighted by Gasteiger charge is 2.16. The SMILES string of the molecule is COc1ccc(-c2nsc3c(SCC(=O)Nc4cc(OC)cc(OC)c4)ncnc23)cc1. The average molecular weight is 469 g/mol. The van der Waals surface area contributed by atoms with Crippen molar-refractivity contribution in [3.63, 3.8) is 0 Å². The van der Waals surface area contributed by atoms with Crippen LogP contribution < -0.4 is 19.5 Å². The van der Waals surface area contributed by atoms with Crippen molar-refractivity contribution in [1.82, 2.24) is 14.3 Å². The molecule has 0 atom stereocenters. The highest BCUT2D eigenvalue weighted by molar-refractivity contribution is 8.00. The zero-order valence-electron chi connectivity index (χ0n) is 17.6. The standard InChI is InChI=1S/C22H20N4O4S2/c1-28-15-6-4-13(5-7-15)19-20-21(32-26-19)22(24-12-23-20)31-11-18(27)25-14-8-16(29-2)10-17(9-14)30-3/h4-10,12H,11H2,1-3H3,(H,25,27). The molecule has 2 aromatic carbocycles. The molecule has 0 saturated heterocycles. The van der Waals surface area contributed by atoms with Crippen LogP contribution in [0.3, 0.4) is 0 Å². The van der Waals surface area contributed by atoms with Gasteiger partial charge >= 0.3 is 0 Å². The van der Waals surface area contributed by atoms with E-state index >= 15 is 0 Å². The fourth-order valence-electron chi connectivity index (χ4n) is 2.99. The van der Waals surface area contributed by atoms with Crippen molar-refractivity contribution >= 4 is 45.1 Å². The fourth-order valence-corrected chi connectivity index (χ4v) is 4.71. The summed E-state index contributed by atoms with van der Waals surface area (Å²) in [6, 6.07) is 12.9. The number of hydrogen-bond acceptors (Lipinski definition) is 9. The molecule has 2 heterocycles. The molecule has 0 fully saturated rings. The lowest BCUT2D eigenvalue weighted by molar-refractivity contribution is -0.113. The van der Waals surface area contributed by atoms with E-state index in [0.29, 0.717) is 22.2 Å². The Bertz CT molecular complexity index is 1220. The van der Waals surface area contributed by atoms with E-state index in [-0.39, 0.29) is 11.7 Å². The summed E-state index contributed by atoms with van der Waals surface area (Å²) in [4.78, 5) is 21.3. The lowest BCUT2D eigenvalue weighted by Crippen LogP contribution is -2.14. The number of fused-ring (bicyclic) bond motifs is 1. The van der Waals surface area contributed by atoms with Gasteiger partial charge in [0.1, 0.15) is 44.5 Å². The number of amides is 1. The molecule has 0 aliphatic rings. The summed E-state index contributed by atoms with van der Waals surface area (Å²) < 4.78 is 21.1. The number of nitrogens with one attached hydrogen (secondary N) is 1. The number of anilines is 1. The third kappa shape index (κ3) is 4.76. The highest BCUT2D eigenvalue weighted by Crippen LogP contribution is 2.35. The quantitative estimate of drug-likeness (QED) is 0.298. The van der Waals surface area contributed by atoms with Crippen molar-refractivity contribution in [1.29, 1.82) is 0 Å². The summed E-state index contributed by atoms with van der Waals surface area (Å²) in [5.74, 6) is 1.98. The Labute approximate surface area is 193 Å². The monoisotopic (exact) mass is 468 g/mol. The number of hydrogen-bond donors (Lipinski definition) is 1. The van der Waals surface area contributed by atoms with Gasteiger partial charge in [-0.2, -0.15) is 4.37 Å². The largest absolute Gasteiger partial charge is 0.497 e. The number of carbonyl (C=O) groups is 1. The number of rotatable bonds is 8. The van der Waals surface area contributed by atoms with Crippen LogP contribution >= 0.6 is 23.3 Å². The number of nitrogens with zero attached hydrogens (tertiary/aromatic N) is 3. The molecule has 1 N–H and O–H groups in total. The number of methoxy groups -OCH3 is 3. The van der Waals surface area contributed by atoms with Gasteiger partial charge in [-0.1, -0.05) is 11.8 Å². The lowest BCUT2D eigenvalue weighted by Gasteiger charge is -2.09. The van der Waals surface area contributed by atoms with Gasteiger partial charge in [0.25, 0.3) is 0 Å². The normalized spacial score (nSPS) is 10.7. The Kier molecular flexibility index (Phi) is 6.72. The first-order valence-corrected chi connectivity index (χ1v) is 11.3. The Hall–Kier alpha value is -3.37. The Morgan fingerprint density at radius 3 is 2.31 bits per heavy atom. The second kappa shape index (κ2) is 9.84. The van der Waals surface area contributed by atoms with Crippen molar-refractivity contribution < 1.29 is 19.0 Å². The van der Waals surface area contributed by atoms with Crippen LogP contribution in [0.15, 0.2) is 53.8 Å². The summed E-state index contributed by atoms with van der Waals surface area (Å²) in [6.45, 7) is 0. The van der Waals surface area contributed by atoms with Crippen molar-refractivity contribution in [3.05, 3.63) is 48.8 Å². The number of carbonyl (C=O) groups excluding carboxylic acids is 1. The molecule has 0 saturated carbocycles. The third-order valence-corrected chi connectivity index (χ3v) is 6.52. The topological polar surface area (TPSA) is 95.5 Å². The van der Waals surface area contributed by atoms with Crippen molar-refractivity contribution in [2.24, 2.45) is 0 Å². The number of aromatic nitrogens is 3. The molecule has 164 valence electrons. The second-order valence-electron chi connectivity index (χ2n) is 6.55. The van der Waals surface area contributed by atoms with Gasteiger partial charge in [-0.3, -0.25) is 4.79 Å². The van der Waals surface area contributed by atoms with Gasteiger partial charge in [0.05, 0.1) is 27.1 Å². The van der Waals surface area contributed by atoms with E-state index in [0.717, 1.165) is 27.2 Å². The van der Waals surface area contributed by atoms with Crippen LogP contribution in [0.4, 0.5) is 5.69 Å². The molecule has 10 heteroatoms. The predicted molar refractivity (Wildman–Crippen MR) is 126 cm³/mol. The summed E-state index contributed by atoms with van der Waals surface area (Å²) >= 11 is 2.66. The first-order valence-electron chi connectivity index (χ1n) is 9.51. The Morgan fingerprint density at radius 1 is 0.969 bits per heavy atom. The van der Waals surface area contributed by atoms with Crippen LogP contribution in [0.1, 0.15) is 0 Å². The summed E-state index contributed by atoms with van der Waals surface area (Å²) in [7, 11) is 4.75. The molecule has 1 amide bonds. The van der Waals surface area contributed by atoms with Gasteiger partial charge in [-0.25, -0.2) is 9.97 Å². The number of thioether (sulfide) groups is 1. The van der Waals surface area contributed by atoms with Gasteiger partial charge in [0, 0.05) is 29.4 Å². The van der Waals surface area contributed by atoms with Gasteiger partial charge in [0.2, 0.25) is 5.91 Å². The van der Waals surface area contributed by atoms with E-state index in [1.54, 1.807) is 39.5 Å². The molecule has 0 radical (unpaired) electrons. The van der Waals surface area contributed by atoms with E-state index in [1.165, 1.54) is 29.6 Å². The second-order valence-corrected chi connectivity index (χ2v) is 8.29. The number of benzene rings is 2. The molecule has 0 spiro atoms. The van der Waals surface area contributed by atoms with E-state index in [1.807, 2.05) is 24.3 Å². The molecule has 0 aliphatic carbocycles. The minimum atomic E-state index is -0.169. The zero-order valence-corrected chi connectivity index (χ0v) is 19.3. The van der Waals surface area contributed by atoms with Crippen molar-refractivity contribution in [2.45, 2.75) is 5.03 Å². The molecular weight excluding hydrogens is 448 g/mol. The Morgan fingerprint density at radius 2 is 1.66 bits per heavy atom. The van der Waals surface area contributed by atoms with E-state index in [2.05, 4.69) is 19.7 Å². The maximum absolute atomic E-state index is 12.5. The van der Waals surface area contributed by atoms with Crippen LogP contribution in [0.5, 0.6) is 17.2 Å². The van der Waals surface area contributed by atoms with Crippen LogP contribution in [-0.4, -0.2) is 47.3 Å². The van der Waals surface area contributed by atoms with Crippen LogP contribution in [0.2, 0.25) is 0 Å². The Balaban J connectivity index is 1.49. The molecule has 8 nitrogen and oxygen atoms in total. The first kappa shape index (κ1) is 21.8. The zero-order chi connectivity index (χ0) is 22.5. The maximum Gasteiger partial charge on any atom is 0.234 e. The molecule has 2 aromatic heterocycles. The smallest absolute Gasteiger partial charge is 0.234 e. The highest BCUT2D eigenvalue weighted by atomic mass is 32.2. The molecule has 0 aliphatic heterocycles. The third-order valence-electron chi connectivity index (χ3n) is 4.56. The van der Waals surface area contributed by atoms with Gasteiger partial charge in [-0.15, -0.1) is 0 Å². The van der Waals surface area contributed by atoms with Crippen LogP contribution in [0.25, 0.3) is 21.5 Å². The summed E-state index contributed by atoms with van der Waals surface area (Å²) in [5.41, 5.74) is 3.08. The van der Waals surface area contributed by atoms with E-state index in [9.17, 15) is 4.79 Å². The van der Waals surface area contributed by atoms with Crippen LogP contribution in [0, 0.1) is 0 Å². The van der Waals surface area contributed by atoms with Crippen molar-refractivity contribution in [3.8, 4) is 28.5 Å².